The summed E-state index contributed by atoms with van der Waals surface area (Å²) < 4.78 is 0. The van der Waals surface area contributed by atoms with Gasteiger partial charge >= 0.3 is 0 Å². The molecule has 0 amide bonds. The molecule has 2 saturated carbocycles. The lowest BCUT2D eigenvalue weighted by Crippen LogP contribution is -2.71. The molecule has 5 rings (SSSR count). The molecule has 5 aliphatic rings. The Hall–Kier alpha value is -0.0151. The Morgan fingerprint density at radius 1 is 0.783 bits per heavy atom. The smallest absolute Gasteiger partial charge is 0.0257 e. The second-order valence-corrected chi connectivity index (χ2v) is 8.90. The Labute approximate surface area is 147 Å². The highest BCUT2D eigenvalue weighted by Crippen LogP contribution is 2.47. The Morgan fingerprint density at radius 3 is 2.30 bits per heavy atom. The van der Waals surface area contributed by atoms with Gasteiger partial charge in [0.15, 0.2) is 0 Å². The summed E-state index contributed by atoms with van der Waals surface area (Å²) in [6, 6.07) is 2.57. The number of hydrogen-bond donors (Lipinski definition) is 1. The number of nitrogens with zero attached hydrogens (tertiary/aromatic N) is 1. The monoisotopic (exact) mass is 318 g/mol. The highest BCUT2D eigenvalue weighted by molar-refractivity contribution is 5.75. The van der Waals surface area contributed by atoms with Gasteiger partial charge in [-0.05, 0) is 49.4 Å². The van der Waals surface area contributed by atoms with E-state index in [1.807, 2.05) is 0 Å². The van der Waals surface area contributed by atoms with Crippen LogP contribution in [0.25, 0.3) is 0 Å². The van der Waals surface area contributed by atoms with Gasteiger partial charge in [-0.3, -0.25) is 4.90 Å². The quantitative estimate of drug-likeness (QED) is 0.681. The fraction of sp³-hybridized carbons (Fsp3) is 1.00. The third kappa shape index (κ3) is 3.01. The van der Waals surface area contributed by atoms with Crippen LogP contribution in [0.4, 0.5) is 0 Å². The second-order valence-electron chi connectivity index (χ2n) is 8.90. The van der Waals surface area contributed by atoms with E-state index in [9.17, 15) is 0 Å². The van der Waals surface area contributed by atoms with E-state index in [1.54, 1.807) is 6.42 Å². The molecule has 0 spiro atoms. The van der Waals surface area contributed by atoms with Crippen molar-refractivity contribution in [3.8, 4) is 0 Å². The predicted molar refractivity (Wildman–Crippen MR) is 101 cm³/mol. The van der Waals surface area contributed by atoms with Gasteiger partial charge in [-0.2, -0.15) is 0 Å². The maximum atomic E-state index is 4.11. The maximum absolute atomic E-state index is 4.11. The van der Waals surface area contributed by atoms with Crippen LogP contribution in [0, 0.1) is 23.7 Å². The van der Waals surface area contributed by atoms with Crippen molar-refractivity contribution in [1.29, 1.82) is 0 Å². The zero-order valence-corrected chi connectivity index (χ0v) is 14.1. The molecule has 3 aliphatic heterocycles. The van der Waals surface area contributed by atoms with Crippen LogP contribution in [0.15, 0.2) is 0 Å². The Bertz CT molecular complexity index is 407. The molecule has 2 aliphatic carbocycles. The van der Waals surface area contributed by atoms with Crippen LogP contribution < -0.4 is 5.32 Å². The number of piperazine rings is 1. The van der Waals surface area contributed by atoms with Crippen molar-refractivity contribution >= 4 is 8.41 Å². The van der Waals surface area contributed by atoms with Gasteiger partial charge in [-0.25, -0.2) is 0 Å². The molecule has 3 heteroatoms. The van der Waals surface area contributed by atoms with E-state index in [2.05, 4.69) is 10.2 Å². The number of fused-ring (bicyclic) bond motifs is 7. The van der Waals surface area contributed by atoms with Gasteiger partial charge in [0.1, 0.15) is 0 Å². The van der Waals surface area contributed by atoms with Crippen molar-refractivity contribution in [3.05, 3.63) is 0 Å². The molecule has 0 aromatic heterocycles. The van der Waals surface area contributed by atoms with Crippen LogP contribution in [0.5, 0.6) is 0 Å². The molecule has 5 fully saturated rings. The van der Waals surface area contributed by atoms with Gasteiger partial charge in [-0.1, -0.05) is 46.0 Å². The summed E-state index contributed by atoms with van der Waals surface area (Å²) in [5.74, 6) is 4.21. The lowest BCUT2D eigenvalue weighted by atomic mass is 9.63. The molecule has 0 aromatic carbocycles. The van der Waals surface area contributed by atoms with E-state index in [-0.39, 0.29) is 17.3 Å². The van der Waals surface area contributed by atoms with Crippen LogP contribution >= 0.6 is 0 Å². The standard InChI is InChI=1S/C19H32N2.CH4.B.H2/c1-2-7-15-11-21-12-16-9-14-6-3-4-8-17(14)19(20-16)18(21)10-13(15)5-1;;;/h13-20H,1-12H2;1H4;;1H/i;;;1+1. The first-order chi connectivity index (χ1) is 10.4. The molecular formula is C20H38BN2. The van der Waals surface area contributed by atoms with Crippen molar-refractivity contribution in [2.75, 3.05) is 13.1 Å². The topological polar surface area (TPSA) is 15.3 Å². The number of hydrogen-bond acceptors (Lipinski definition) is 2. The van der Waals surface area contributed by atoms with E-state index in [4.69, 9.17) is 0 Å². The first-order valence-electron chi connectivity index (χ1n) is 9.88. The van der Waals surface area contributed by atoms with Crippen molar-refractivity contribution in [1.82, 2.24) is 10.2 Å². The van der Waals surface area contributed by atoms with Crippen molar-refractivity contribution in [3.63, 3.8) is 0 Å². The SMILES string of the molecule is C.C1CCC2CN3CC4CC5CCCCC5C(N4)C3CC2C1.[2HH].[B]. The number of nitrogens with one attached hydrogen (secondary N) is 1. The predicted octanol–water partition coefficient (Wildman–Crippen LogP) is 3.92. The summed E-state index contributed by atoms with van der Waals surface area (Å²) in [5, 5.41) is 4.11. The van der Waals surface area contributed by atoms with Crippen LogP contribution in [-0.2, 0) is 0 Å². The number of rotatable bonds is 0. The van der Waals surface area contributed by atoms with E-state index >= 15 is 0 Å². The van der Waals surface area contributed by atoms with Gasteiger partial charge in [0, 0.05) is 41.1 Å². The third-order valence-corrected chi connectivity index (χ3v) is 7.86. The van der Waals surface area contributed by atoms with Crippen LogP contribution in [-0.4, -0.2) is 44.5 Å². The highest BCUT2D eigenvalue weighted by Gasteiger charge is 2.50. The fourth-order valence-electron chi connectivity index (χ4n) is 6.95. The zero-order valence-electron chi connectivity index (χ0n) is 14.1. The molecule has 131 valence electrons. The first kappa shape index (κ1) is 17.8. The molecule has 7 unspecified atom stereocenters. The van der Waals surface area contributed by atoms with E-state index in [1.165, 1.54) is 70.9 Å². The van der Waals surface area contributed by atoms with Crippen molar-refractivity contribution in [2.24, 2.45) is 23.7 Å². The summed E-state index contributed by atoms with van der Waals surface area (Å²) in [6.45, 7) is 2.81. The average molecular weight is 318 g/mol. The zero-order chi connectivity index (χ0) is 13.8. The van der Waals surface area contributed by atoms with Crippen LogP contribution in [0.3, 0.4) is 0 Å². The Morgan fingerprint density at radius 2 is 1.48 bits per heavy atom. The Kier molecular flexibility index (Phi) is 5.48. The lowest BCUT2D eigenvalue weighted by Gasteiger charge is -2.59. The molecule has 7 atom stereocenters. The molecule has 23 heavy (non-hydrogen) atoms. The minimum atomic E-state index is 0. The molecule has 0 aromatic rings. The van der Waals surface area contributed by atoms with Crippen LogP contribution in [0.2, 0.25) is 0 Å². The molecule has 2 bridgehead atoms. The summed E-state index contributed by atoms with van der Waals surface area (Å²) in [6.07, 6.45) is 15.2. The third-order valence-electron chi connectivity index (χ3n) is 7.86. The molecular weight excluding hydrogens is 279 g/mol. The van der Waals surface area contributed by atoms with Crippen LogP contribution in [0.1, 0.15) is 73.1 Å². The fourth-order valence-corrected chi connectivity index (χ4v) is 6.95. The van der Waals surface area contributed by atoms with Gasteiger partial charge in [-0.15, -0.1) is 0 Å². The minimum absolute atomic E-state index is 0. The molecule has 1 N–H and O–H groups in total. The first-order valence-corrected chi connectivity index (χ1v) is 9.88. The number of piperidine rings is 2. The van der Waals surface area contributed by atoms with Gasteiger partial charge < -0.3 is 5.32 Å². The summed E-state index contributed by atoms with van der Waals surface area (Å²) in [7, 11) is 0. The molecule has 3 heterocycles. The van der Waals surface area contributed by atoms with E-state index < -0.39 is 0 Å². The largest absolute Gasteiger partial charge is 0.308 e. The second kappa shape index (κ2) is 7.08. The highest BCUT2D eigenvalue weighted by atomic mass is 15.3. The lowest BCUT2D eigenvalue weighted by molar-refractivity contribution is -0.0622. The van der Waals surface area contributed by atoms with Gasteiger partial charge in [0.05, 0.1) is 0 Å². The molecule has 3 radical (unpaired) electrons. The Balaban J connectivity index is 0.000000694. The summed E-state index contributed by atoms with van der Waals surface area (Å²) in [5.41, 5.74) is 0. The summed E-state index contributed by atoms with van der Waals surface area (Å²) in [4.78, 5) is 2.95. The van der Waals surface area contributed by atoms with Gasteiger partial charge in [0.2, 0.25) is 0 Å². The molecule has 3 saturated heterocycles. The summed E-state index contributed by atoms with van der Waals surface area (Å²) >= 11 is 0. The normalized spacial score (nSPS) is 48.8. The van der Waals surface area contributed by atoms with Crippen molar-refractivity contribution in [2.45, 2.75) is 89.8 Å². The van der Waals surface area contributed by atoms with Crippen molar-refractivity contribution < 1.29 is 1.43 Å². The van der Waals surface area contributed by atoms with E-state index in [0.717, 1.165) is 41.8 Å². The maximum Gasteiger partial charge on any atom is 0.0257 e. The molecule has 2 nitrogen and oxygen atoms in total. The minimum Gasteiger partial charge on any atom is -0.308 e. The van der Waals surface area contributed by atoms with E-state index in [0.29, 0.717) is 0 Å². The average Bonchev–Trinajstić information content (AvgIpc) is 2.53. The van der Waals surface area contributed by atoms with Gasteiger partial charge in [0.25, 0.3) is 0 Å².